The highest BCUT2D eigenvalue weighted by Crippen LogP contribution is 2.30. The molecule has 0 saturated heterocycles. The quantitative estimate of drug-likeness (QED) is 0.826. The van der Waals surface area contributed by atoms with Crippen molar-refractivity contribution in [1.29, 1.82) is 0 Å². The van der Waals surface area contributed by atoms with E-state index in [9.17, 15) is 5.11 Å². The van der Waals surface area contributed by atoms with Gasteiger partial charge in [-0.2, -0.15) is 0 Å². The highest BCUT2D eigenvalue weighted by Gasteiger charge is 2.23. The Morgan fingerprint density at radius 1 is 1.38 bits per heavy atom. The molecule has 0 unspecified atom stereocenters. The van der Waals surface area contributed by atoms with Crippen LogP contribution < -0.4 is 4.74 Å². The van der Waals surface area contributed by atoms with Gasteiger partial charge in [-0.1, -0.05) is 26.0 Å². The van der Waals surface area contributed by atoms with Crippen LogP contribution in [0.4, 0.5) is 0 Å². The summed E-state index contributed by atoms with van der Waals surface area (Å²) in [5.74, 6) is 1.69. The van der Waals surface area contributed by atoms with Gasteiger partial charge >= 0.3 is 0 Å². The van der Waals surface area contributed by atoms with Crippen LogP contribution in [0.5, 0.6) is 5.75 Å². The van der Waals surface area contributed by atoms with Crippen molar-refractivity contribution < 1.29 is 9.84 Å². The van der Waals surface area contributed by atoms with Gasteiger partial charge in [0.1, 0.15) is 5.75 Å². The Morgan fingerprint density at radius 2 is 2.12 bits per heavy atom. The van der Waals surface area contributed by atoms with Gasteiger partial charge in [-0.05, 0) is 36.5 Å². The van der Waals surface area contributed by atoms with Crippen molar-refractivity contribution in [2.75, 3.05) is 13.2 Å². The van der Waals surface area contributed by atoms with Gasteiger partial charge in [-0.15, -0.1) is 0 Å². The van der Waals surface area contributed by atoms with Crippen LogP contribution >= 0.6 is 0 Å². The van der Waals surface area contributed by atoms with E-state index in [2.05, 4.69) is 0 Å². The maximum atomic E-state index is 9.33. The summed E-state index contributed by atoms with van der Waals surface area (Å²) in [6, 6.07) is 8.06. The van der Waals surface area contributed by atoms with Crippen molar-refractivity contribution in [1.82, 2.24) is 0 Å². The number of aliphatic hydroxyl groups is 1. The van der Waals surface area contributed by atoms with Crippen molar-refractivity contribution in [2.24, 2.45) is 5.92 Å². The molecule has 2 heteroatoms. The maximum absolute atomic E-state index is 9.33. The van der Waals surface area contributed by atoms with Crippen LogP contribution in [-0.2, 0) is 5.41 Å². The van der Waals surface area contributed by atoms with Gasteiger partial charge in [-0.3, -0.25) is 0 Å². The second-order valence-electron chi connectivity index (χ2n) is 5.32. The fourth-order valence-corrected chi connectivity index (χ4v) is 1.60. The molecule has 1 fully saturated rings. The summed E-state index contributed by atoms with van der Waals surface area (Å²) in [6.07, 6.45) is 2.61. The highest BCUT2D eigenvalue weighted by atomic mass is 16.5. The molecule has 1 aromatic rings. The molecule has 0 bridgehead atoms. The molecule has 88 valence electrons. The topological polar surface area (TPSA) is 29.5 Å². The van der Waals surface area contributed by atoms with Gasteiger partial charge < -0.3 is 9.84 Å². The average Bonchev–Trinajstić information content (AvgIpc) is 3.11. The third kappa shape index (κ3) is 2.76. The van der Waals surface area contributed by atoms with E-state index in [4.69, 9.17) is 4.74 Å². The molecule has 0 spiro atoms. The Morgan fingerprint density at radius 3 is 2.75 bits per heavy atom. The number of hydrogen-bond acceptors (Lipinski definition) is 2. The maximum Gasteiger partial charge on any atom is 0.119 e. The minimum Gasteiger partial charge on any atom is -0.493 e. The van der Waals surface area contributed by atoms with E-state index < -0.39 is 0 Å². The number of rotatable bonds is 5. The Hall–Kier alpha value is -1.02. The van der Waals surface area contributed by atoms with E-state index >= 15 is 0 Å². The summed E-state index contributed by atoms with van der Waals surface area (Å²) < 4.78 is 5.73. The van der Waals surface area contributed by atoms with Gasteiger partial charge in [0, 0.05) is 5.41 Å². The summed E-state index contributed by atoms with van der Waals surface area (Å²) in [5, 5.41) is 9.33. The lowest BCUT2D eigenvalue weighted by Crippen LogP contribution is -2.21. The molecule has 0 atom stereocenters. The Kier molecular flexibility index (Phi) is 3.20. The predicted molar refractivity (Wildman–Crippen MR) is 64.8 cm³/mol. The molecule has 1 N–H and O–H groups in total. The van der Waals surface area contributed by atoms with Crippen molar-refractivity contribution >= 4 is 0 Å². The molecule has 0 heterocycles. The lowest BCUT2D eigenvalue weighted by molar-refractivity contribution is 0.218. The molecule has 0 amide bonds. The fraction of sp³-hybridized carbons (Fsp3) is 0.571. The molecule has 1 aliphatic carbocycles. The van der Waals surface area contributed by atoms with Crippen LogP contribution in [0.2, 0.25) is 0 Å². The third-order valence-corrected chi connectivity index (χ3v) is 3.19. The van der Waals surface area contributed by atoms with Gasteiger partial charge in [0.05, 0.1) is 13.2 Å². The third-order valence-electron chi connectivity index (χ3n) is 3.19. The van der Waals surface area contributed by atoms with E-state index in [0.29, 0.717) is 0 Å². The summed E-state index contributed by atoms with van der Waals surface area (Å²) >= 11 is 0. The molecule has 2 nitrogen and oxygen atoms in total. The second kappa shape index (κ2) is 4.46. The predicted octanol–water partition coefficient (Wildman–Crippen LogP) is 2.75. The first-order valence-corrected chi connectivity index (χ1v) is 5.96. The van der Waals surface area contributed by atoms with Crippen LogP contribution in [0.25, 0.3) is 0 Å². The van der Waals surface area contributed by atoms with E-state index in [0.717, 1.165) is 23.8 Å². The molecule has 1 aromatic carbocycles. The number of ether oxygens (including phenoxy) is 1. The molecule has 0 aromatic heterocycles. The summed E-state index contributed by atoms with van der Waals surface area (Å²) in [6.45, 7) is 5.06. The first kappa shape index (κ1) is 11.5. The molecule has 0 aliphatic heterocycles. The Balaban J connectivity index is 2.05. The lowest BCUT2D eigenvalue weighted by atomic mass is 9.85. The first-order valence-electron chi connectivity index (χ1n) is 5.96. The van der Waals surface area contributed by atoms with Crippen molar-refractivity contribution in [3.05, 3.63) is 29.8 Å². The molecular formula is C14H20O2. The largest absolute Gasteiger partial charge is 0.493 e. The van der Waals surface area contributed by atoms with Crippen LogP contribution in [0.1, 0.15) is 32.3 Å². The highest BCUT2D eigenvalue weighted by molar-refractivity contribution is 5.33. The minimum absolute atomic E-state index is 0.152. The van der Waals surface area contributed by atoms with E-state index in [-0.39, 0.29) is 12.0 Å². The van der Waals surface area contributed by atoms with E-state index in [1.165, 1.54) is 12.8 Å². The Bertz CT molecular complexity index is 354. The molecule has 2 rings (SSSR count). The van der Waals surface area contributed by atoms with Crippen LogP contribution in [-0.4, -0.2) is 18.3 Å². The standard InChI is InChI=1S/C14H20O2/c1-14(2,10-15)12-4-3-5-13(8-12)16-9-11-6-7-11/h3-5,8,11,15H,6-7,9-10H2,1-2H3. The van der Waals surface area contributed by atoms with Crippen LogP contribution in [0.15, 0.2) is 24.3 Å². The number of benzene rings is 1. The molecule has 16 heavy (non-hydrogen) atoms. The zero-order valence-corrected chi connectivity index (χ0v) is 10.1. The number of aliphatic hydroxyl groups excluding tert-OH is 1. The van der Waals surface area contributed by atoms with Gasteiger partial charge in [-0.25, -0.2) is 0 Å². The molecule has 1 saturated carbocycles. The second-order valence-corrected chi connectivity index (χ2v) is 5.32. The monoisotopic (exact) mass is 220 g/mol. The fourth-order valence-electron chi connectivity index (χ4n) is 1.60. The van der Waals surface area contributed by atoms with Crippen molar-refractivity contribution in [3.8, 4) is 5.75 Å². The summed E-state index contributed by atoms with van der Waals surface area (Å²) in [7, 11) is 0. The van der Waals surface area contributed by atoms with Crippen LogP contribution in [0, 0.1) is 5.92 Å². The summed E-state index contributed by atoms with van der Waals surface area (Å²) in [4.78, 5) is 0. The molecule has 0 radical (unpaired) electrons. The smallest absolute Gasteiger partial charge is 0.119 e. The normalized spacial score (nSPS) is 16.2. The zero-order chi connectivity index (χ0) is 11.6. The van der Waals surface area contributed by atoms with E-state index in [1.807, 2.05) is 38.1 Å². The lowest BCUT2D eigenvalue weighted by Gasteiger charge is -2.22. The van der Waals surface area contributed by atoms with Crippen LogP contribution in [0.3, 0.4) is 0 Å². The van der Waals surface area contributed by atoms with Gasteiger partial charge in [0.25, 0.3) is 0 Å². The van der Waals surface area contributed by atoms with Gasteiger partial charge in [0.15, 0.2) is 0 Å². The number of hydrogen-bond donors (Lipinski definition) is 1. The van der Waals surface area contributed by atoms with Crippen molar-refractivity contribution in [3.63, 3.8) is 0 Å². The van der Waals surface area contributed by atoms with E-state index in [1.54, 1.807) is 0 Å². The minimum atomic E-state index is -0.195. The average molecular weight is 220 g/mol. The molecule has 1 aliphatic rings. The summed E-state index contributed by atoms with van der Waals surface area (Å²) in [5.41, 5.74) is 0.933. The first-order chi connectivity index (χ1) is 7.62. The Labute approximate surface area is 97.3 Å². The van der Waals surface area contributed by atoms with Crippen molar-refractivity contribution in [2.45, 2.75) is 32.1 Å². The molecular weight excluding hydrogens is 200 g/mol. The van der Waals surface area contributed by atoms with Gasteiger partial charge in [0.2, 0.25) is 0 Å². The SMILES string of the molecule is CC(C)(CO)c1cccc(OCC2CC2)c1. The zero-order valence-electron chi connectivity index (χ0n) is 10.1.